The Labute approximate surface area is 96.2 Å². The summed E-state index contributed by atoms with van der Waals surface area (Å²) in [5.74, 6) is -0.355. The van der Waals surface area contributed by atoms with Gasteiger partial charge in [-0.05, 0) is 37.0 Å². The average Bonchev–Trinajstić information content (AvgIpc) is 2.55. The normalized spacial score (nSPS) is 40.5. The molecule has 0 aromatic rings. The number of fused-ring (bicyclic) bond motifs is 1. The fraction of sp³-hybridized carbons (Fsp3) is 0.846. The molecule has 1 unspecified atom stereocenters. The van der Waals surface area contributed by atoms with Gasteiger partial charge in [0, 0.05) is 12.3 Å². The molecular weight excluding hydrogens is 204 g/mol. The van der Waals surface area contributed by atoms with E-state index in [0.29, 0.717) is 12.2 Å². The Morgan fingerprint density at radius 2 is 2.19 bits per heavy atom. The molecule has 2 rings (SSSR count). The van der Waals surface area contributed by atoms with Crippen LogP contribution in [0.1, 0.15) is 46.0 Å². The van der Waals surface area contributed by atoms with Crippen molar-refractivity contribution in [2.24, 2.45) is 23.2 Å². The van der Waals surface area contributed by atoms with Gasteiger partial charge >= 0.3 is 5.97 Å². The maximum absolute atomic E-state index is 11.9. The Bertz CT molecular complexity index is 323. The smallest absolute Gasteiger partial charge is 0.306 e. The van der Waals surface area contributed by atoms with E-state index < -0.39 is 5.97 Å². The van der Waals surface area contributed by atoms with Crippen molar-refractivity contribution < 1.29 is 14.7 Å². The highest BCUT2D eigenvalue weighted by Crippen LogP contribution is 2.56. The molecule has 0 aromatic carbocycles. The van der Waals surface area contributed by atoms with Crippen LogP contribution in [0.3, 0.4) is 0 Å². The zero-order valence-electron chi connectivity index (χ0n) is 10.0. The number of carbonyl (C=O) groups excluding carboxylic acids is 1. The van der Waals surface area contributed by atoms with Crippen LogP contribution in [0.5, 0.6) is 0 Å². The molecule has 2 saturated carbocycles. The van der Waals surface area contributed by atoms with E-state index in [9.17, 15) is 9.59 Å². The van der Waals surface area contributed by atoms with Crippen LogP contribution < -0.4 is 0 Å². The van der Waals surface area contributed by atoms with Crippen LogP contribution in [0, 0.1) is 23.2 Å². The number of ketones is 1. The van der Waals surface area contributed by atoms with E-state index >= 15 is 0 Å². The monoisotopic (exact) mass is 224 g/mol. The van der Waals surface area contributed by atoms with Gasteiger partial charge in [0.1, 0.15) is 5.78 Å². The molecule has 16 heavy (non-hydrogen) atoms. The predicted octanol–water partition coefficient (Wildman–Crippen LogP) is 2.49. The molecule has 2 aliphatic rings. The highest BCUT2D eigenvalue weighted by Gasteiger charge is 2.53. The summed E-state index contributed by atoms with van der Waals surface area (Å²) in [6.45, 7) is 3.92. The summed E-state index contributed by atoms with van der Waals surface area (Å²) >= 11 is 0. The number of aliphatic carboxylic acids is 1. The topological polar surface area (TPSA) is 54.4 Å². The lowest BCUT2D eigenvalue weighted by atomic mass is 9.62. The molecule has 4 atom stereocenters. The Balaban J connectivity index is 2.24. The lowest BCUT2D eigenvalue weighted by Crippen LogP contribution is -2.40. The van der Waals surface area contributed by atoms with Crippen molar-refractivity contribution in [3.05, 3.63) is 0 Å². The highest BCUT2D eigenvalue weighted by molar-refractivity contribution is 5.83. The van der Waals surface area contributed by atoms with E-state index in [1.165, 1.54) is 0 Å². The zero-order valence-corrected chi connectivity index (χ0v) is 10.0. The van der Waals surface area contributed by atoms with Gasteiger partial charge in [0.15, 0.2) is 0 Å². The molecule has 90 valence electrons. The minimum atomic E-state index is -0.718. The first-order valence-corrected chi connectivity index (χ1v) is 6.22. The van der Waals surface area contributed by atoms with Crippen LogP contribution in [0.2, 0.25) is 0 Å². The zero-order chi connectivity index (χ0) is 11.9. The number of carboxylic acid groups (broad SMARTS) is 1. The first-order valence-electron chi connectivity index (χ1n) is 6.22. The molecule has 0 heterocycles. The average molecular weight is 224 g/mol. The summed E-state index contributed by atoms with van der Waals surface area (Å²) in [4.78, 5) is 23.0. The number of hydrogen-bond donors (Lipinski definition) is 1. The van der Waals surface area contributed by atoms with Gasteiger partial charge in [-0.25, -0.2) is 0 Å². The number of Topliss-reactive ketones (excluding diaryl/α,β-unsaturated/α-hetero) is 1. The van der Waals surface area contributed by atoms with Gasteiger partial charge in [-0.15, -0.1) is 0 Å². The molecule has 3 heteroatoms. The van der Waals surface area contributed by atoms with Crippen LogP contribution in [-0.4, -0.2) is 16.9 Å². The quantitative estimate of drug-likeness (QED) is 0.784. The van der Waals surface area contributed by atoms with Gasteiger partial charge in [-0.1, -0.05) is 13.8 Å². The minimum absolute atomic E-state index is 0.0485. The summed E-state index contributed by atoms with van der Waals surface area (Å²) < 4.78 is 0. The van der Waals surface area contributed by atoms with Gasteiger partial charge < -0.3 is 5.11 Å². The molecule has 2 aliphatic carbocycles. The third-order valence-corrected chi connectivity index (χ3v) is 4.93. The molecule has 0 saturated heterocycles. The molecule has 0 radical (unpaired) electrons. The van der Waals surface area contributed by atoms with Gasteiger partial charge in [-0.2, -0.15) is 0 Å². The van der Waals surface area contributed by atoms with Crippen molar-refractivity contribution in [1.82, 2.24) is 0 Å². The fourth-order valence-electron chi connectivity index (χ4n) is 3.96. The van der Waals surface area contributed by atoms with E-state index in [0.717, 1.165) is 25.7 Å². The molecular formula is C13H20O3. The van der Waals surface area contributed by atoms with Crippen molar-refractivity contribution in [2.45, 2.75) is 46.0 Å². The van der Waals surface area contributed by atoms with E-state index in [1.54, 1.807) is 6.92 Å². The first-order chi connectivity index (χ1) is 7.47. The number of carboxylic acids is 1. The van der Waals surface area contributed by atoms with Crippen molar-refractivity contribution >= 4 is 11.8 Å². The second-order valence-electron chi connectivity index (χ2n) is 5.69. The highest BCUT2D eigenvalue weighted by atomic mass is 16.4. The SMILES string of the molecule is CC(C(=O)O)[C@H]1CC[C@H]2C(=O)CCC[C@]12C. The van der Waals surface area contributed by atoms with Crippen LogP contribution in [-0.2, 0) is 9.59 Å². The lowest BCUT2D eigenvalue weighted by molar-refractivity contribution is -0.146. The summed E-state index contributed by atoms with van der Waals surface area (Å²) in [6.07, 6.45) is 4.47. The van der Waals surface area contributed by atoms with Gasteiger partial charge in [0.05, 0.1) is 5.92 Å². The van der Waals surface area contributed by atoms with Crippen LogP contribution in [0.15, 0.2) is 0 Å². The largest absolute Gasteiger partial charge is 0.481 e. The number of rotatable bonds is 2. The third kappa shape index (κ3) is 1.57. The van der Waals surface area contributed by atoms with Gasteiger partial charge in [0.25, 0.3) is 0 Å². The van der Waals surface area contributed by atoms with Crippen molar-refractivity contribution in [1.29, 1.82) is 0 Å². The van der Waals surface area contributed by atoms with Crippen LogP contribution >= 0.6 is 0 Å². The third-order valence-electron chi connectivity index (χ3n) is 4.93. The van der Waals surface area contributed by atoms with E-state index in [1.807, 2.05) is 0 Å². The summed E-state index contributed by atoms with van der Waals surface area (Å²) in [5.41, 5.74) is -0.0485. The van der Waals surface area contributed by atoms with Crippen LogP contribution in [0.4, 0.5) is 0 Å². The Kier molecular flexibility index (Phi) is 2.81. The number of hydrogen-bond acceptors (Lipinski definition) is 2. The van der Waals surface area contributed by atoms with E-state index in [4.69, 9.17) is 5.11 Å². The molecule has 1 N–H and O–H groups in total. The van der Waals surface area contributed by atoms with E-state index in [2.05, 4.69) is 6.92 Å². The van der Waals surface area contributed by atoms with Gasteiger partial charge in [-0.3, -0.25) is 9.59 Å². The minimum Gasteiger partial charge on any atom is -0.481 e. The first kappa shape index (κ1) is 11.6. The van der Waals surface area contributed by atoms with Crippen molar-refractivity contribution in [3.63, 3.8) is 0 Å². The molecule has 3 nitrogen and oxygen atoms in total. The van der Waals surface area contributed by atoms with E-state index in [-0.39, 0.29) is 23.2 Å². The van der Waals surface area contributed by atoms with Crippen LogP contribution in [0.25, 0.3) is 0 Å². The fourth-order valence-corrected chi connectivity index (χ4v) is 3.96. The summed E-state index contributed by atoms with van der Waals surface area (Å²) in [7, 11) is 0. The predicted molar refractivity (Wildman–Crippen MR) is 60.0 cm³/mol. The maximum atomic E-state index is 11.9. The second kappa shape index (κ2) is 3.86. The standard InChI is InChI=1S/C13H20O3/c1-8(12(15)16)9-5-6-10-11(14)4-3-7-13(9,10)2/h8-10H,3-7H2,1-2H3,(H,15,16)/t8?,9-,10+,13-/m1/s1. The molecule has 0 amide bonds. The Morgan fingerprint density at radius 3 is 2.81 bits per heavy atom. The van der Waals surface area contributed by atoms with Gasteiger partial charge in [0.2, 0.25) is 0 Å². The summed E-state index contributed by atoms with van der Waals surface area (Å²) in [6, 6.07) is 0. The Hall–Kier alpha value is -0.860. The van der Waals surface area contributed by atoms with Crippen molar-refractivity contribution in [3.8, 4) is 0 Å². The molecule has 0 spiro atoms. The van der Waals surface area contributed by atoms with Crippen molar-refractivity contribution in [2.75, 3.05) is 0 Å². The Morgan fingerprint density at radius 1 is 1.50 bits per heavy atom. The lowest BCUT2D eigenvalue weighted by Gasteiger charge is -2.41. The number of carbonyl (C=O) groups is 2. The second-order valence-corrected chi connectivity index (χ2v) is 5.69. The maximum Gasteiger partial charge on any atom is 0.306 e. The molecule has 0 aliphatic heterocycles. The molecule has 0 aromatic heterocycles. The molecule has 2 fully saturated rings. The molecule has 0 bridgehead atoms. The summed E-state index contributed by atoms with van der Waals surface area (Å²) in [5, 5.41) is 9.13.